The Bertz CT molecular complexity index is 2060. The monoisotopic (exact) mass is 1180 g/mol. The molecule has 3 atom stereocenters. The fourth-order valence-corrected chi connectivity index (χ4v) is 8.68. The Labute approximate surface area is 510 Å². The zero-order valence-corrected chi connectivity index (χ0v) is 53.2. The van der Waals surface area contributed by atoms with Crippen LogP contribution in [0.5, 0.6) is 0 Å². The number of allylic oxidation sites excluding steroid dienone is 28. The van der Waals surface area contributed by atoms with E-state index < -0.39 is 64.4 Å². The molecule has 2 N–H and O–H groups in total. The van der Waals surface area contributed by atoms with Gasteiger partial charge in [0.05, 0.1) is 19.8 Å². The fourth-order valence-electron chi connectivity index (χ4n) is 7.89. The molecule has 0 aromatic carbocycles. The van der Waals surface area contributed by atoms with Gasteiger partial charge >= 0.3 is 25.7 Å². The first-order valence-electron chi connectivity index (χ1n) is 32.0. The van der Waals surface area contributed by atoms with E-state index in [0.717, 1.165) is 167 Å². The number of hydrogen-bond acceptors (Lipinski definition) is 10. The molecule has 0 saturated carbocycles. The van der Waals surface area contributed by atoms with Gasteiger partial charge < -0.3 is 24.2 Å². The van der Waals surface area contributed by atoms with Crippen LogP contribution in [-0.4, -0.2) is 66.5 Å². The molecule has 11 nitrogen and oxygen atoms in total. The second kappa shape index (κ2) is 63.9. The second-order valence-electron chi connectivity index (χ2n) is 20.4. The van der Waals surface area contributed by atoms with Crippen molar-refractivity contribution in [3.63, 3.8) is 0 Å². The van der Waals surface area contributed by atoms with E-state index in [9.17, 15) is 28.9 Å². The van der Waals surface area contributed by atoms with Crippen LogP contribution in [0.4, 0.5) is 0 Å². The third-order valence-electron chi connectivity index (χ3n) is 12.6. The summed E-state index contributed by atoms with van der Waals surface area (Å²) in [6.45, 7) is 4.18. The van der Waals surface area contributed by atoms with Crippen molar-refractivity contribution in [1.82, 2.24) is 0 Å². The second-order valence-corrected chi connectivity index (χ2v) is 21.9. The number of carbonyl (C=O) groups excluding carboxylic acids is 3. The highest BCUT2D eigenvalue weighted by molar-refractivity contribution is 7.47. The van der Waals surface area contributed by atoms with Crippen molar-refractivity contribution >= 4 is 25.7 Å². The Morgan fingerprint density at radius 3 is 0.940 bits per heavy atom. The quantitative estimate of drug-likeness (QED) is 0.0197. The molecule has 0 aromatic rings. The number of aliphatic hydroxyl groups excluding tert-OH is 1. The van der Waals surface area contributed by atoms with Crippen molar-refractivity contribution in [1.29, 1.82) is 0 Å². The minimum atomic E-state index is -4.79. The summed E-state index contributed by atoms with van der Waals surface area (Å²) in [6.07, 6.45) is 86.0. The van der Waals surface area contributed by atoms with Gasteiger partial charge in [-0.1, -0.05) is 242 Å². The summed E-state index contributed by atoms with van der Waals surface area (Å²) >= 11 is 0. The van der Waals surface area contributed by atoms with Gasteiger partial charge in [-0.05, 0) is 135 Å². The van der Waals surface area contributed by atoms with Crippen LogP contribution >= 0.6 is 7.82 Å². The number of rotatable bonds is 57. The van der Waals surface area contributed by atoms with Crippen LogP contribution in [0.25, 0.3) is 0 Å². The molecule has 3 unspecified atom stereocenters. The predicted molar refractivity (Wildman–Crippen MR) is 352 cm³/mol. The molecular weight excluding hydrogens is 1070 g/mol. The zero-order chi connectivity index (χ0) is 61.2. The summed E-state index contributed by atoms with van der Waals surface area (Å²) in [6, 6.07) is 0. The van der Waals surface area contributed by atoms with Gasteiger partial charge in [-0.15, -0.1) is 0 Å². The van der Waals surface area contributed by atoms with E-state index >= 15 is 0 Å². The van der Waals surface area contributed by atoms with Gasteiger partial charge in [-0.25, -0.2) is 4.57 Å². The summed E-state index contributed by atoms with van der Waals surface area (Å²) in [4.78, 5) is 48.8. The highest BCUT2D eigenvalue weighted by Crippen LogP contribution is 2.43. The van der Waals surface area contributed by atoms with Crippen LogP contribution in [0.1, 0.15) is 226 Å². The van der Waals surface area contributed by atoms with Gasteiger partial charge in [0, 0.05) is 19.3 Å². The molecule has 0 fully saturated rings. The van der Waals surface area contributed by atoms with E-state index in [1.54, 1.807) is 0 Å². The van der Waals surface area contributed by atoms with Crippen molar-refractivity contribution in [3.8, 4) is 0 Å². The normalized spacial score (nSPS) is 14.4. The van der Waals surface area contributed by atoms with Gasteiger partial charge in [0.15, 0.2) is 6.10 Å². The third-order valence-corrected chi connectivity index (χ3v) is 13.6. The lowest BCUT2D eigenvalue weighted by Gasteiger charge is -2.21. The lowest BCUT2D eigenvalue weighted by atomic mass is 10.1. The molecule has 0 aliphatic heterocycles. The number of aliphatic hydroxyl groups is 1. The lowest BCUT2D eigenvalue weighted by Crippen LogP contribution is -2.30. The van der Waals surface area contributed by atoms with E-state index in [-0.39, 0.29) is 19.3 Å². The maximum absolute atomic E-state index is 13.0. The first-order valence-corrected chi connectivity index (χ1v) is 33.5. The number of hydrogen-bond donors (Lipinski definition) is 2. The Morgan fingerprint density at radius 2 is 0.607 bits per heavy atom. The van der Waals surface area contributed by atoms with E-state index in [1.807, 2.05) is 12.2 Å². The van der Waals surface area contributed by atoms with Gasteiger partial charge in [0.25, 0.3) is 0 Å². The smallest absolute Gasteiger partial charge is 0.462 e. The van der Waals surface area contributed by atoms with Crippen LogP contribution < -0.4 is 0 Å². The molecule has 472 valence electrons. The predicted octanol–water partition coefficient (Wildman–Crippen LogP) is 19.8. The van der Waals surface area contributed by atoms with Crippen molar-refractivity contribution in [2.24, 2.45) is 0 Å². The summed E-state index contributed by atoms with van der Waals surface area (Å²) in [5.74, 6) is -1.62. The minimum Gasteiger partial charge on any atom is -0.462 e. The van der Waals surface area contributed by atoms with Crippen molar-refractivity contribution in [2.75, 3.05) is 26.4 Å². The van der Waals surface area contributed by atoms with Crippen LogP contribution in [0.2, 0.25) is 0 Å². The SMILES string of the molecule is CC/C=C\C/C=C\C/C=C\C/C=C\C/C=C\C/C=C\CCC(=O)OCC(COP(=O)(O)OCC(CO)OC(=O)CCCCCCCC/C=C\C/C=C\C/C=C\C/C=C\CC)OC(=O)CCCCCCCC/C=C\C/C=C\C/C=C\C/C=C\CC. The van der Waals surface area contributed by atoms with E-state index in [1.165, 1.54) is 0 Å². The first kappa shape index (κ1) is 78.8. The molecule has 0 aliphatic rings. The molecule has 84 heavy (non-hydrogen) atoms. The topological polar surface area (TPSA) is 155 Å². The maximum Gasteiger partial charge on any atom is 0.472 e. The number of carbonyl (C=O) groups is 3. The first-order chi connectivity index (χ1) is 41.2. The van der Waals surface area contributed by atoms with Gasteiger partial charge in [0.2, 0.25) is 0 Å². The van der Waals surface area contributed by atoms with Crippen LogP contribution in [0.15, 0.2) is 170 Å². The average Bonchev–Trinajstić information content (AvgIpc) is 3.55. The van der Waals surface area contributed by atoms with E-state index in [4.69, 9.17) is 23.3 Å². The molecule has 0 heterocycles. The van der Waals surface area contributed by atoms with E-state index in [0.29, 0.717) is 19.3 Å². The molecular formula is C72H113O11P. The molecule has 0 rings (SSSR count). The number of esters is 3. The lowest BCUT2D eigenvalue weighted by molar-refractivity contribution is -0.161. The molecule has 0 spiro atoms. The number of ether oxygens (including phenoxy) is 3. The molecule has 12 heteroatoms. The molecule has 0 saturated heterocycles. The Hall–Kier alpha value is -5.16. The molecule has 0 amide bonds. The van der Waals surface area contributed by atoms with Crippen LogP contribution in [-0.2, 0) is 42.2 Å². The third kappa shape index (κ3) is 61.4. The largest absolute Gasteiger partial charge is 0.472 e. The highest BCUT2D eigenvalue weighted by Gasteiger charge is 2.28. The average molecular weight is 1190 g/mol. The Balaban J connectivity index is 4.86. The van der Waals surface area contributed by atoms with Crippen molar-refractivity contribution < 1.29 is 52.2 Å². The van der Waals surface area contributed by atoms with Gasteiger partial charge in [-0.2, -0.15) is 0 Å². The number of unbranched alkanes of at least 4 members (excludes halogenated alkanes) is 12. The number of phosphoric ester groups is 1. The van der Waals surface area contributed by atoms with E-state index in [2.05, 4.69) is 179 Å². The Morgan fingerprint density at radius 1 is 0.333 bits per heavy atom. The number of phosphoric acid groups is 1. The maximum atomic E-state index is 13.0. The van der Waals surface area contributed by atoms with Crippen LogP contribution in [0.3, 0.4) is 0 Å². The minimum absolute atomic E-state index is 0.0871. The zero-order valence-electron chi connectivity index (χ0n) is 52.3. The summed E-state index contributed by atoms with van der Waals surface area (Å²) < 4.78 is 39.6. The summed E-state index contributed by atoms with van der Waals surface area (Å²) in [5.41, 5.74) is 0. The molecule has 0 radical (unpaired) electrons. The molecule has 0 aliphatic carbocycles. The van der Waals surface area contributed by atoms with Crippen molar-refractivity contribution in [3.05, 3.63) is 170 Å². The van der Waals surface area contributed by atoms with Crippen molar-refractivity contribution in [2.45, 2.75) is 238 Å². The molecule has 0 bridgehead atoms. The molecule has 0 aromatic heterocycles. The summed E-state index contributed by atoms with van der Waals surface area (Å²) in [7, 11) is -4.79. The Kier molecular flexibility index (Phi) is 59.9. The summed E-state index contributed by atoms with van der Waals surface area (Å²) in [5, 5.41) is 9.86. The van der Waals surface area contributed by atoms with Crippen LogP contribution in [0, 0.1) is 0 Å². The highest BCUT2D eigenvalue weighted by atomic mass is 31.2. The van der Waals surface area contributed by atoms with Gasteiger partial charge in [0.1, 0.15) is 12.7 Å². The fraction of sp³-hybridized carbons (Fsp3) is 0.569. The standard InChI is InChI=1S/C72H113O11P/c1-4-7-10-13-16-19-22-25-28-31-34-37-40-43-46-49-52-55-58-61-70(74)79-65-69(83-72(76)63-60-57-54-51-48-45-42-39-36-33-30-27-24-21-18-15-12-9-6-3)67-81-84(77,78)80-66-68(64-73)82-71(75)62-59-56-53-50-47-44-41-38-35-32-29-26-23-20-17-14-11-8-5-2/h7-12,16-21,25-30,34-39,43,46,52,55,68-69,73H,4-6,13-15,22-24,31-33,40-42,44-45,47-51,53-54,56-67H2,1-3H3,(H,77,78)/b10-7-,11-8-,12-9-,19-16-,20-17-,21-18-,28-25-,29-26-,30-27-,37-34-,38-35-,39-36-,46-43-,55-52-. The van der Waals surface area contributed by atoms with Gasteiger partial charge in [-0.3, -0.25) is 23.4 Å².